The molecule has 0 N–H and O–H groups in total. The van der Waals surface area contributed by atoms with Crippen LogP contribution in [-0.2, 0) is 0 Å². The summed E-state index contributed by atoms with van der Waals surface area (Å²) in [6.07, 6.45) is 16.9. The molecule has 0 aromatic rings. The van der Waals surface area contributed by atoms with E-state index in [1.54, 1.807) is 0 Å². The first-order chi connectivity index (χ1) is 9.06. The van der Waals surface area contributed by atoms with E-state index < -0.39 is 0 Å². The van der Waals surface area contributed by atoms with Gasteiger partial charge in [0.2, 0.25) is 0 Å². The highest BCUT2D eigenvalue weighted by Crippen LogP contribution is 2.52. The van der Waals surface area contributed by atoms with Crippen LogP contribution < -0.4 is 0 Å². The normalized spacial score (nSPS) is 34.6. The molecule has 0 saturated heterocycles. The predicted octanol–water partition coefficient (Wildman–Crippen LogP) is 5.85. The monoisotopic (exact) mass is 260 g/mol. The van der Waals surface area contributed by atoms with Gasteiger partial charge in [-0.05, 0) is 67.6 Å². The van der Waals surface area contributed by atoms with Gasteiger partial charge in [-0.25, -0.2) is 0 Å². The number of hydrogen-bond donors (Lipinski definition) is 0. The summed E-state index contributed by atoms with van der Waals surface area (Å²) in [7, 11) is 0. The third-order valence-corrected chi connectivity index (χ3v) is 4.95. The van der Waals surface area contributed by atoms with Crippen LogP contribution in [0.15, 0.2) is 24.3 Å². The van der Waals surface area contributed by atoms with Crippen molar-refractivity contribution in [2.75, 3.05) is 0 Å². The fraction of sp³-hybridized carbons (Fsp3) is 0.789. The van der Waals surface area contributed by atoms with Gasteiger partial charge in [0.15, 0.2) is 0 Å². The highest BCUT2D eigenvalue weighted by atomic mass is 14.5. The van der Waals surface area contributed by atoms with Crippen molar-refractivity contribution in [1.29, 1.82) is 0 Å². The van der Waals surface area contributed by atoms with Gasteiger partial charge in [-0.1, -0.05) is 52.0 Å². The van der Waals surface area contributed by atoms with Gasteiger partial charge in [0, 0.05) is 0 Å². The van der Waals surface area contributed by atoms with E-state index in [0.29, 0.717) is 0 Å². The Bertz CT molecular complexity index is 289. The first kappa shape index (κ1) is 14.9. The molecule has 2 fully saturated rings. The van der Waals surface area contributed by atoms with E-state index in [9.17, 15) is 0 Å². The average Bonchev–Trinajstić information content (AvgIpc) is 2.87. The highest BCUT2D eigenvalue weighted by molar-refractivity contribution is 5.08. The zero-order valence-electron chi connectivity index (χ0n) is 13.3. The van der Waals surface area contributed by atoms with Crippen LogP contribution in [-0.4, -0.2) is 0 Å². The molecule has 0 heterocycles. The largest absolute Gasteiger partial charge is 0.0880 e. The zero-order chi connectivity index (χ0) is 13.8. The molecule has 0 aliphatic heterocycles. The molecule has 0 nitrogen and oxygen atoms in total. The number of fused-ring (bicyclic) bond motifs is 2. The van der Waals surface area contributed by atoms with E-state index in [4.69, 9.17) is 0 Å². The third kappa shape index (κ3) is 4.23. The maximum absolute atomic E-state index is 2.54. The van der Waals surface area contributed by atoms with Crippen molar-refractivity contribution in [3.63, 3.8) is 0 Å². The van der Waals surface area contributed by atoms with Crippen molar-refractivity contribution < 1.29 is 0 Å². The number of hydrogen-bond acceptors (Lipinski definition) is 0. The van der Waals surface area contributed by atoms with Crippen LogP contribution in [0.3, 0.4) is 0 Å². The highest BCUT2D eigenvalue weighted by Gasteiger charge is 2.43. The van der Waals surface area contributed by atoms with Crippen molar-refractivity contribution in [2.24, 2.45) is 35.5 Å². The SMILES string of the molecule is CC(C)C/C=C/C1CC2CC1CC2/C=C/CC(C)C. The van der Waals surface area contributed by atoms with Crippen molar-refractivity contribution in [1.82, 2.24) is 0 Å². The fourth-order valence-electron chi connectivity index (χ4n) is 3.89. The van der Waals surface area contributed by atoms with E-state index in [-0.39, 0.29) is 0 Å². The van der Waals surface area contributed by atoms with Gasteiger partial charge in [0.05, 0.1) is 0 Å². The second kappa shape index (κ2) is 6.77. The molecule has 2 aliphatic carbocycles. The smallest absolute Gasteiger partial charge is 0.0202 e. The Morgan fingerprint density at radius 1 is 0.737 bits per heavy atom. The van der Waals surface area contributed by atoms with Gasteiger partial charge >= 0.3 is 0 Å². The molecule has 2 rings (SSSR count). The Hall–Kier alpha value is -0.520. The topological polar surface area (TPSA) is 0 Å². The quantitative estimate of drug-likeness (QED) is 0.525. The van der Waals surface area contributed by atoms with Crippen LogP contribution in [0.5, 0.6) is 0 Å². The van der Waals surface area contributed by atoms with Gasteiger partial charge in [0.1, 0.15) is 0 Å². The second-order valence-corrected chi connectivity index (χ2v) is 7.67. The molecule has 2 aliphatic rings. The van der Waals surface area contributed by atoms with Crippen LogP contribution in [0.1, 0.15) is 59.8 Å². The van der Waals surface area contributed by atoms with Crippen molar-refractivity contribution in [3.05, 3.63) is 24.3 Å². The molecule has 0 aromatic carbocycles. The molecule has 0 aromatic heterocycles. The minimum Gasteiger partial charge on any atom is -0.0880 e. The number of allylic oxidation sites excluding steroid dienone is 4. The molecule has 4 atom stereocenters. The molecular weight excluding hydrogens is 228 g/mol. The van der Waals surface area contributed by atoms with Gasteiger partial charge < -0.3 is 0 Å². The second-order valence-electron chi connectivity index (χ2n) is 7.67. The minimum atomic E-state index is 0.807. The van der Waals surface area contributed by atoms with Crippen LogP contribution in [0.4, 0.5) is 0 Å². The molecule has 2 bridgehead atoms. The molecule has 108 valence electrons. The van der Waals surface area contributed by atoms with Gasteiger partial charge in [-0.15, -0.1) is 0 Å². The first-order valence-electron chi connectivity index (χ1n) is 8.39. The summed E-state index contributed by atoms with van der Waals surface area (Å²) in [6.45, 7) is 9.22. The Kier molecular flexibility index (Phi) is 5.30. The van der Waals surface area contributed by atoms with E-state index in [2.05, 4.69) is 52.0 Å². The van der Waals surface area contributed by atoms with Crippen LogP contribution >= 0.6 is 0 Å². The maximum atomic E-state index is 2.54. The minimum absolute atomic E-state index is 0.807. The lowest BCUT2D eigenvalue weighted by atomic mass is 9.81. The zero-order valence-corrected chi connectivity index (χ0v) is 13.3. The van der Waals surface area contributed by atoms with Gasteiger partial charge in [-0.2, -0.15) is 0 Å². The first-order valence-corrected chi connectivity index (χ1v) is 8.39. The lowest BCUT2D eigenvalue weighted by molar-refractivity contribution is 0.335. The summed E-state index contributed by atoms with van der Waals surface area (Å²) in [6, 6.07) is 0. The number of rotatable bonds is 6. The summed E-state index contributed by atoms with van der Waals surface area (Å²) in [5.41, 5.74) is 0. The Morgan fingerprint density at radius 3 is 1.47 bits per heavy atom. The molecule has 4 unspecified atom stereocenters. The molecular formula is C19H32. The van der Waals surface area contributed by atoms with Gasteiger partial charge in [0.25, 0.3) is 0 Å². The lowest BCUT2D eigenvalue weighted by Gasteiger charge is -2.24. The van der Waals surface area contributed by atoms with Gasteiger partial charge in [-0.3, -0.25) is 0 Å². The third-order valence-electron chi connectivity index (χ3n) is 4.95. The predicted molar refractivity (Wildman–Crippen MR) is 85.0 cm³/mol. The fourth-order valence-corrected chi connectivity index (χ4v) is 3.89. The van der Waals surface area contributed by atoms with E-state index in [0.717, 1.165) is 35.5 Å². The lowest BCUT2D eigenvalue weighted by Crippen LogP contribution is -2.14. The Labute approximate surface area is 120 Å². The Morgan fingerprint density at radius 2 is 1.16 bits per heavy atom. The summed E-state index contributed by atoms with van der Waals surface area (Å²) >= 11 is 0. The van der Waals surface area contributed by atoms with E-state index in [1.165, 1.54) is 32.1 Å². The van der Waals surface area contributed by atoms with Crippen molar-refractivity contribution >= 4 is 0 Å². The maximum Gasteiger partial charge on any atom is -0.0202 e. The average molecular weight is 260 g/mol. The van der Waals surface area contributed by atoms with Crippen molar-refractivity contribution in [2.45, 2.75) is 59.8 Å². The summed E-state index contributed by atoms with van der Waals surface area (Å²) in [4.78, 5) is 0. The summed E-state index contributed by atoms with van der Waals surface area (Å²) < 4.78 is 0. The molecule has 19 heavy (non-hydrogen) atoms. The standard InChI is InChI=1S/C19H32/c1-14(2)7-5-9-16-11-19-13-18(16)12-17(19)10-6-8-15(3)4/h5-6,9-10,14-19H,7-8,11-13H2,1-4H3/b9-5+,10-6+. The molecule has 0 amide bonds. The summed E-state index contributed by atoms with van der Waals surface area (Å²) in [5, 5.41) is 0. The van der Waals surface area contributed by atoms with Crippen molar-refractivity contribution in [3.8, 4) is 0 Å². The van der Waals surface area contributed by atoms with Crippen LogP contribution in [0.2, 0.25) is 0 Å². The molecule has 2 saturated carbocycles. The van der Waals surface area contributed by atoms with Crippen LogP contribution in [0.25, 0.3) is 0 Å². The molecule has 0 heteroatoms. The van der Waals surface area contributed by atoms with Crippen LogP contribution in [0, 0.1) is 35.5 Å². The molecule has 0 spiro atoms. The van der Waals surface area contributed by atoms with E-state index >= 15 is 0 Å². The summed E-state index contributed by atoms with van der Waals surface area (Å²) in [5.74, 6) is 5.39. The Balaban J connectivity index is 1.77. The molecule has 0 radical (unpaired) electrons. The van der Waals surface area contributed by atoms with E-state index in [1.807, 2.05) is 0 Å².